The molecule has 2 aliphatic heterocycles. The molecule has 0 radical (unpaired) electrons. The molecule has 2 saturated heterocycles. The Morgan fingerprint density at radius 2 is 0.646 bits per heavy atom. The molecule has 236 valence electrons. The van der Waals surface area contributed by atoms with Crippen molar-refractivity contribution in [3.63, 3.8) is 0 Å². The molecule has 6 heteroatoms. The van der Waals surface area contributed by atoms with Gasteiger partial charge in [0.05, 0.1) is 22.4 Å². The van der Waals surface area contributed by atoms with Gasteiger partial charge in [0.2, 0.25) is 0 Å². The Bertz CT molecular complexity index is 2440. The van der Waals surface area contributed by atoms with E-state index in [1.165, 1.54) is 75.4 Å². The highest BCUT2D eigenvalue weighted by molar-refractivity contribution is 6.63. The molecule has 0 aromatic heterocycles. The van der Waals surface area contributed by atoms with Crippen molar-refractivity contribution in [3.8, 4) is 0 Å². The first-order chi connectivity index (χ1) is 22.7. The first-order valence-corrected chi connectivity index (χ1v) is 17.2. The van der Waals surface area contributed by atoms with E-state index in [1.807, 2.05) is 0 Å². The first kappa shape index (κ1) is 29.0. The van der Waals surface area contributed by atoms with Gasteiger partial charge in [0.25, 0.3) is 0 Å². The molecule has 0 aliphatic carbocycles. The van der Waals surface area contributed by atoms with Crippen molar-refractivity contribution in [1.82, 2.24) is 0 Å². The van der Waals surface area contributed by atoms with E-state index in [4.69, 9.17) is 18.6 Å². The summed E-state index contributed by atoms with van der Waals surface area (Å²) in [6.45, 7) is 16.9. The standard InChI is InChI=1S/C42H38B2O4/c1-39(2)40(3,4)46-43(45-39)23-15-17-25-31(19-23)27-11-9-13-29-34-22-36-26-18-16-24(44-47-41(5,6)42(7,8)48-44)20-32(26)28-12-10-14-30(38(28)36)33(34)21-35(25)37(27)29/h9-22H,1-8H3. The van der Waals surface area contributed by atoms with Gasteiger partial charge in [-0.1, -0.05) is 72.8 Å². The van der Waals surface area contributed by atoms with Crippen LogP contribution in [0.2, 0.25) is 0 Å². The molecule has 4 nitrogen and oxygen atoms in total. The largest absolute Gasteiger partial charge is 0.494 e. The molecular weight excluding hydrogens is 590 g/mol. The molecule has 0 saturated carbocycles. The van der Waals surface area contributed by atoms with Crippen LogP contribution in [-0.4, -0.2) is 36.6 Å². The predicted molar refractivity (Wildman–Crippen MR) is 203 cm³/mol. The van der Waals surface area contributed by atoms with E-state index in [-0.39, 0.29) is 22.4 Å². The number of fused-ring (bicyclic) bond motifs is 9. The van der Waals surface area contributed by atoms with E-state index in [1.54, 1.807) is 0 Å². The molecule has 2 aliphatic rings. The third-order valence-electron chi connectivity index (χ3n) is 12.4. The van der Waals surface area contributed by atoms with Crippen LogP contribution in [0.15, 0.2) is 84.9 Å². The molecule has 8 aromatic rings. The van der Waals surface area contributed by atoms with Crippen LogP contribution < -0.4 is 10.9 Å². The van der Waals surface area contributed by atoms with E-state index in [0.717, 1.165) is 10.9 Å². The summed E-state index contributed by atoms with van der Waals surface area (Å²) >= 11 is 0. The molecule has 0 N–H and O–H groups in total. The van der Waals surface area contributed by atoms with E-state index >= 15 is 0 Å². The van der Waals surface area contributed by atoms with Gasteiger partial charge < -0.3 is 18.6 Å². The maximum absolute atomic E-state index is 6.45. The summed E-state index contributed by atoms with van der Waals surface area (Å²) in [4.78, 5) is 0. The van der Waals surface area contributed by atoms with Gasteiger partial charge >= 0.3 is 14.2 Å². The molecule has 2 fully saturated rings. The Labute approximate surface area is 281 Å². The Balaban J connectivity index is 1.20. The number of benzene rings is 6. The Morgan fingerprint density at radius 3 is 0.979 bits per heavy atom. The molecule has 10 rings (SSSR count). The predicted octanol–water partition coefficient (Wildman–Crippen LogP) is 9.23. The van der Waals surface area contributed by atoms with Gasteiger partial charge in [0.15, 0.2) is 0 Å². The smallest absolute Gasteiger partial charge is 0.399 e. The second-order valence-electron chi connectivity index (χ2n) is 16.2. The van der Waals surface area contributed by atoms with Crippen LogP contribution in [0.4, 0.5) is 0 Å². The topological polar surface area (TPSA) is 36.9 Å². The molecule has 0 unspecified atom stereocenters. The maximum atomic E-state index is 6.45. The summed E-state index contributed by atoms with van der Waals surface area (Å²) in [6.07, 6.45) is 0. The van der Waals surface area contributed by atoms with E-state index < -0.39 is 14.2 Å². The Kier molecular flexibility index (Phi) is 5.44. The highest BCUT2D eigenvalue weighted by atomic mass is 16.7. The monoisotopic (exact) mass is 628 g/mol. The molecule has 48 heavy (non-hydrogen) atoms. The second kappa shape index (κ2) is 8.99. The van der Waals surface area contributed by atoms with Crippen molar-refractivity contribution in [1.29, 1.82) is 0 Å². The minimum absolute atomic E-state index is 0.383. The fraction of sp³-hybridized carbons (Fsp3) is 0.286. The lowest BCUT2D eigenvalue weighted by Gasteiger charge is -2.32. The molecule has 0 bridgehead atoms. The lowest BCUT2D eigenvalue weighted by molar-refractivity contribution is 0.00578. The number of rotatable bonds is 2. The van der Waals surface area contributed by atoms with Crippen molar-refractivity contribution >= 4 is 101 Å². The zero-order valence-electron chi connectivity index (χ0n) is 28.9. The van der Waals surface area contributed by atoms with Gasteiger partial charge in [-0.15, -0.1) is 0 Å². The zero-order valence-corrected chi connectivity index (χ0v) is 28.9. The molecule has 0 amide bonds. The summed E-state index contributed by atoms with van der Waals surface area (Å²) in [5.41, 5.74) is 0.589. The fourth-order valence-corrected chi connectivity index (χ4v) is 8.33. The fourth-order valence-electron chi connectivity index (χ4n) is 8.33. The number of hydrogen-bond donors (Lipinski definition) is 0. The van der Waals surface area contributed by atoms with Gasteiger partial charge in [0, 0.05) is 0 Å². The minimum Gasteiger partial charge on any atom is -0.399 e. The van der Waals surface area contributed by atoms with Crippen LogP contribution in [0.5, 0.6) is 0 Å². The summed E-state index contributed by atoms with van der Waals surface area (Å²) in [6, 6.07) is 31.9. The van der Waals surface area contributed by atoms with Crippen LogP contribution in [-0.2, 0) is 18.6 Å². The van der Waals surface area contributed by atoms with Crippen LogP contribution in [0.3, 0.4) is 0 Å². The maximum Gasteiger partial charge on any atom is 0.494 e. The lowest BCUT2D eigenvalue weighted by atomic mass is 9.78. The highest BCUT2D eigenvalue weighted by Gasteiger charge is 2.52. The molecule has 0 spiro atoms. The Morgan fingerprint density at radius 1 is 0.333 bits per heavy atom. The molecule has 0 atom stereocenters. The molecule has 8 aromatic carbocycles. The summed E-state index contributed by atoms with van der Waals surface area (Å²) in [5.74, 6) is 0. The van der Waals surface area contributed by atoms with E-state index in [0.29, 0.717) is 0 Å². The first-order valence-electron chi connectivity index (χ1n) is 17.2. The van der Waals surface area contributed by atoms with Crippen molar-refractivity contribution in [3.05, 3.63) is 84.9 Å². The van der Waals surface area contributed by atoms with Crippen LogP contribution in [0.25, 0.3) is 75.4 Å². The number of hydrogen-bond acceptors (Lipinski definition) is 4. The quantitative estimate of drug-likeness (QED) is 0.141. The van der Waals surface area contributed by atoms with Crippen molar-refractivity contribution in [2.24, 2.45) is 0 Å². The van der Waals surface area contributed by atoms with Gasteiger partial charge in [-0.25, -0.2) is 0 Å². The normalized spacial score (nSPS) is 20.3. The zero-order chi connectivity index (χ0) is 33.1. The molecular formula is C42H38B2O4. The van der Waals surface area contributed by atoms with Crippen LogP contribution in [0.1, 0.15) is 55.4 Å². The summed E-state index contributed by atoms with van der Waals surface area (Å²) in [7, 11) is -0.786. The summed E-state index contributed by atoms with van der Waals surface area (Å²) < 4.78 is 25.8. The molecule has 2 heterocycles. The summed E-state index contributed by atoms with van der Waals surface area (Å²) in [5, 5.41) is 18.0. The van der Waals surface area contributed by atoms with Crippen molar-refractivity contribution in [2.75, 3.05) is 0 Å². The van der Waals surface area contributed by atoms with Crippen molar-refractivity contribution in [2.45, 2.75) is 77.8 Å². The van der Waals surface area contributed by atoms with E-state index in [2.05, 4.69) is 140 Å². The third-order valence-corrected chi connectivity index (χ3v) is 12.4. The van der Waals surface area contributed by atoms with Gasteiger partial charge in [-0.3, -0.25) is 0 Å². The third kappa shape index (κ3) is 3.62. The lowest BCUT2D eigenvalue weighted by Crippen LogP contribution is -2.41. The minimum atomic E-state index is -0.393. The van der Waals surface area contributed by atoms with Crippen LogP contribution >= 0.6 is 0 Å². The highest BCUT2D eigenvalue weighted by Crippen LogP contribution is 2.47. The second-order valence-corrected chi connectivity index (χ2v) is 16.2. The van der Waals surface area contributed by atoms with Gasteiger partial charge in [-0.05, 0) is 154 Å². The van der Waals surface area contributed by atoms with Crippen molar-refractivity contribution < 1.29 is 18.6 Å². The van der Waals surface area contributed by atoms with E-state index in [9.17, 15) is 0 Å². The van der Waals surface area contributed by atoms with Gasteiger partial charge in [0.1, 0.15) is 0 Å². The van der Waals surface area contributed by atoms with Gasteiger partial charge in [-0.2, -0.15) is 0 Å². The van der Waals surface area contributed by atoms with Crippen LogP contribution in [0, 0.1) is 0 Å². The Hall–Kier alpha value is -3.93. The SMILES string of the molecule is CC1(C)OB(c2ccc3c(c2)c2cccc4c5cc6c7ccc(B8OC(C)(C)C(C)(C)O8)cc7c7cccc(c5cc3c24)c76)OC1(C)C. The average molecular weight is 628 g/mol. The average Bonchev–Trinajstić information content (AvgIpc) is 3.68.